The van der Waals surface area contributed by atoms with Crippen LogP contribution in [0.3, 0.4) is 0 Å². The number of thiophene rings is 1. The number of hydrogen-bond donors (Lipinski definition) is 1. The maximum Gasteiger partial charge on any atom is 0.128 e. The summed E-state index contributed by atoms with van der Waals surface area (Å²) in [7, 11) is 0. The summed E-state index contributed by atoms with van der Waals surface area (Å²) in [5.41, 5.74) is 6.71. The van der Waals surface area contributed by atoms with E-state index in [2.05, 4.69) is 15.9 Å². The van der Waals surface area contributed by atoms with Gasteiger partial charge in [-0.3, -0.25) is 0 Å². The molecule has 0 saturated heterocycles. The van der Waals surface area contributed by atoms with Crippen LogP contribution >= 0.6 is 27.3 Å². The van der Waals surface area contributed by atoms with Crippen LogP contribution in [0.2, 0.25) is 0 Å². The molecule has 96 valence electrons. The van der Waals surface area contributed by atoms with Gasteiger partial charge in [-0.25, -0.2) is 4.39 Å². The Bertz CT molecular complexity index is 705. The van der Waals surface area contributed by atoms with Gasteiger partial charge in [-0.1, -0.05) is 34.1 Å². The predicted molar refractivity (Wildman–Crippen MR) is 82.0 cm³/mol. The fraction of sp³-hybridized carbons (Fsp3) is 0.0667. The molecule has 1 heterocycles. The molecule has 0 aliphatic heterocycles. The Labute approximate surface area is 123 Å². The summed E-state index contributed by atoms with van der Waals surface area (Å²) in [6, 6.07) is 14.5. The van der Waals surface area contributed by atoms with Crippen molar-refractivity contribution >= 4 is 37.4 Å². The largest absolute Gasteiger partial charge is 0.320 e. The summed E-state index contributed by atoms with van der Waals surface area (Å²) in [4.78, 5) is 0.971. The van der Waals surface area contributed by atoms with Crippen LogP contribution in [0.5, 0.6) is 0 Å². The van der Waals surface area contributed by atoms with E-state index in [4.69, 9.17) is 5.73 Å². The second-order valence-corrected chi connectivity index (χ2v) is 6.36. The molecule has 0 amide bonds. The van der Waals surface area contributed by atoms with Crippen LogP contribution in [0.15, 0.2) is 53.0 Å². The van der Waals surface area contributed by atoms with E-state index >= 15 is 0 Å². The van der Waals surface area contributed by atoms with E-state index in [0.29, 0.717) is 5.56 Å². The standard InChI is InChI=1S/C15H11BrFNS/c16-10-5-6-12(17)11(8-10)15(18)14-7-9-3-1-2-4-13(9)19-14/h1-8,15H,18H2. The maximum atomic E-state index is 13.9. The van der Waals surface area contributed by atoms with Crippen molar-refractivity contribution < 1.29 is 4.39 Å². The minimum Gasteiger partial charge on any atom is -0.320 e. The molecule has 3 aromatic rings. The number of hydrogen-bond acceptors (Lipinski definition) is 2. The zero-order valence-electron chi connectivity index (χ0n) is 9.94. The highest BCUT2D eigenvalue weighted by atomic mass is 79.9. The number of halogens is 2. The fourth-order valence-corrected chi connectivity index (χ4v) is 3.53. The van der Waals surface area contributed by atoms with Gasteiger partial charge in [0.05, 0.1) is 6.04 Å². The van der Waals surface area contributed by atoms with Crippen molar-refractivity contribution in [2.75, 3.05) is 0 Å². The highest BCUT2D eigenvalue weighted by Crippen LogP contribution is 2.33. The molecule has 1 unspecified atom stereocenters. The molecular weight excluding hydrogens is 325 g/mol. The predicted octanol–water partition coefficient (Wildman–Crippen LogP) is 4.85. The normalized spacial score (nSPS) is 12.8. The second-order valence-electron chi connectivity index (χ2n) is 4.33. The molecule has 4 heteroatoms. The summed E-state index contributed by atoms with van der Waals surface area (Å²) in [5.74, 6) is -0.270. The first-order chi connectivity index (χ1) is 9.15. The maximum absolute atomic E-state index is 13.9. The van der Waals surface area contributed by atoms with Gasteiger partial charge in [0.2, 0.25) is 0 Å². The Morgan fingerprint density at radius 1 is 1.11 bits per heavy atom. The minimum atomic E-state index is -0.435. The molecule has 0 aliphatic rings. The lowest BCUT2D eigenvalue weighted by molar-refractivity contribution is 0.600. The van der Waals surface area contributed by atoms with E-state index < -0.39 is 6.04 Å². The topological polar surface area (TPSA) is 26.0 Å². The Kier molecular flexibility index (Phi) is 3.39. The Hall–Kier alpha value is -1.23. The first-order valence-corrected chi connectivity index (χ1v) is 7.45. The molecule has 2 N–H and O–H groups in total. The Morgan fingerprint density at radius 3 is 2.68 bits per heavy atom. The molecule has 1 aromatic heterocycles. The number of rotatable bonds is 2. The van der Waals surface area contributed by atoms with Crippen molar-refractivity contribution in [1.82, 2.24) is 0 Å². The van der Waals surface area contributed by atoms with Gasteiger partial charge in [0.25, 0.3) is 0 Å². The molecule has 2 aromatic carbocycles. The highest BCUT2D eigenvalue weighted by Gasteiger charge is 2.16. The van der Waals surface area contributed by atoms with Crippen LogP contribution in [-0.2, 0) is 0 Å². The van der Waals surface area contributed by atoms with Gasteiger partial charge in [0, 0.05) is 19.6 Å². The van der Waals surface area contributed by atoms with E-state index in [1.165, 1.54) is 10.8 Å². The van der Waals surface area contributed by atoms with Gasteiger partial charge in [-0.15, -0.1) is 11.3 Å². The van der Waals surface area contributed by atoms with Gasteiger partial charge < -0.3 is 5.73 Å². The van der Waals surface area contributed by atoms with Crippen LogP contribution in [0.4, 0.5) is 4.39 Å². The van der Waals surface area contributed by atoms with Crippen LogP contribution < -0.4 is 5.73 Å². The molecule has 1 atom stereocenters. The van der Waals surface area contributed by atoms with Crippen molar-refractivity contribution in [2.45, 2.75) is 6.04 Å². The van der Waals surface area contributed by atoms with Crippen molar-refractivity contribution in [1.29, 1.82) is 0 Å². The Balaban J connectivity index is 2.07. The first-order valence-electron chi connectivity index (χ1n) is 5.84. The average molecular weight is 336 g/mol. The smallest absolute Gasteiger partial charge is 0.128 e. The lowest BCUT2D eigenvalue weighted by atomic mass is 10.1. The van der Waals surface area contributed by atoms with Gasteiger partial charge in [-0.2, -0.15) is 0 Å². The van der Waals surface area contributed by atoms with Gasteiger partial charge in [-0.05, 0) is 35.7 Å². The van der Waals surface area contributed by atoms with Crippen molar-refractivity contribution in [3.63, 3.8) is 0 Å². The van der Waals surface area contributed by atoms with E-state index in [0.717, 1.165) is 14.7 Å². The molecule has 0 spiro atoms. The second kappa shape index (κ2) is 5.04. The number of nitrogens with two attached hydrogens (primary N) is 1. The zero-order valence-corrected chi connectivity index (χ0v) is 12.3. The summed E-state index contributed by atoms with van der Waals surface area (Å²) in [5, 5.41) is 1.15. The van der Waals surface area contributed by atoms with Crippen LogP contribution in [-0.4, -0.2) is 0 Å². The lowest BCUT2D eigenvalue weighted by Gasteiger charge is -2.11. The van der Waals surface area contributed by atoms with E-state index in [-0.39, 0.29) is 5.82 Å². The number of benzene rings is 2. The van der Waals surface area contributed by atoms with Crippen molar-refractivity contribution in [3.8, 4) is 0 Å². The summed E-state index contributed by atoms with van der Waals surface area (Å²) in [6.45, 7) is 0. The monoisotopic (exact) mass is 335 g/mol. The molecule has 0 fully saturated rings. The van der Waals surface area contributed by atoms with Gasteiger partial charge in [0.15, 0.2) is 0 Å². The number of fused-ring (bicyclic) bond motifs is 1. The lowest BCUT2D eigenvalue weighted by Crippen LogP contribution is -2.12. The van der Waals surface area contributed by atoms with Crippen LogP contribution in [0.1, 0.15) is 16.5 Å². The summed E-state index contributed by atoms with van der Waals surface area (Å²) >= 11 is 4.96. The molecule has 0 aliphatic carbocycles. The molecule has 19 heavy (non-hydrogen) atoms. The molecule has 0 saturated carbocycles. The molecule has 1 nitrogen and oxygen atoms in total. The van der Waals surface area contributed by atoms with Gasteiger partial charge in [0.1, 0.15) is 5.82 Å². The van der Waals surface area contributed by atoms with E-state index in [9.17, 15) is 4.39 Å². The summed E-state index contributed by atoms with van der Waals surface area (Å²) < 4.78 is 15.9. The van der Waals surface area contributed by atoms with Crippen molar-refractivity contribution in [3.05, 3.63) is 69.3 Å². The van der Waals surface area contributed by atoms with E-state index in [1.54, 1.807) is 23.5 Å². The Morgan fingerprint density at radius 2 is 1.89 bits per heavy atom. The third kappa shape index (κ3) is 2.43. The molecule has 0 radical (unpaired) electrons. The first kappa shape index (κ1) is 12.8. The quantitative estimate of drug-likeness (QED) is 0.711. The third-order valence-electron chi connectivity index (χ3n) is 3.04. The molecule has 3 rings (SSSR count). The zero-order chi connectivity index (χ0) is 13.4. The highest BCUT2D eigenvalue weighted by molar-refractivity contribution is 9.10. The minimum absolute atomic E-state index is 0.270. The summed E-state index contributed by atoms with van der Waals surface area (Å²) in [6.07, 6.45) is 0. The molecule has 0 bridgehead atoms. The molecular formula is C15H11BrFNS. The third-order valence-corrected chi connectivity index (χ3v) is 4.74. The van der Waals surface area contributed by atoms with Gasteiger partial charge >= 0.3 is 0 Å². The average Bonchev–Trinajstić information content (AvgIpc) is 2.84. The van der Waals surface area contributed by atoms with Crippen LogP contribution in [0.25, 0.3) is 10.1 Å². The van der Waals surface area contributed by atoms with Crippen LogP contribution in [0, 0.1) is 5.82 Å². The fourth-order valence-electron chi connectivity index (χ4n) is 2.06. The van der Waals surface area contributed by atoms with E-state index in [1.807, 2.05) is 30.3 Å². The van der Waals surface area contributed by atoms with Crippen molar-refractivity contribution in [2.24, 2.45) is 5.73 Å². The SMILES string of the molecule is NC(c1cc2ccccc2s1)c1cc(Br)ccc1F.